The third-order valence-corrected chi connectivity index (χ3v) is 4.98. The fraction of sp³-hybridized carbons (Fsp3) is 0.318. The Morgan fingerprint density at radius 1 is 1.14 bits per heavy atom. The molecule has 2 aromatic rings. The summed E-state index contributed by atoms with van der Waals surface area (Å²) in [6.45, 7) is 8.65. The first-order chi connectivity index (χ1) is 13.5. The molecule has 0 aliphatic carbocycles. The summed E-state index contributed by atoms with van der Waals surface area (Å²) in [6.07, 6.45) is 0. The van der Waals surface area contributed by atoms with E-state index in [-0.39, 0.29) is 17.2 Å². The van der Waals surface area contributed by atoms with Crippen LogP contribution in [0.25, 0.3) is 0 Å². The van der Waals surface area contributed by atoms with Crippen LogP contribution < -0.4 is 15.0 Å². The Hall–Kier alpha value is -3.35. The molecule has 0 aromatic heterocycles. The van der Waals surface area contributed by atoms with Gasteiger partial charge in [0.15, 0.2) is 5.60 Å². The van der Waals surface area contributed by atoms with Crippen LogP contribution >= 0.6 is 0 Å². The second-order valence-electron chi connectivity index (χ2n) is 7.76. The van der Waals surface area contributed by atoms with Gasteiger partial charge in [0.2, 0.25) is 5.91 Å². The Morgan fingerprint density at radius 2 is 1.83 bits per heavy atom. The van der Waals surface area contributed by atoms with E-state index in [0.29, 0.717) is 11.4 Å². The normalized spacial score (nSPS) is 15.9. The van der Waals surface area contributed by atoms with Crippen LogP contribution in [-0.4, -0.2) is 34.5 Å². The van der Waals surface area contributed by atoms with Gasteiger partial charge in [-0.2, -0.15) is 0 Å². The first-order valence-electron chi connectivity index (χ1n) is 9.29. The average Bonchev–Trinajstić information content (AvgIpc) is 2.64. The van der Waals surface area contributed by atoms with Crippen molar-refractivity contribution in [3.05, 3.63) is 53.1 Å². The Labute approximate surface area is 169 Å². The van der Waals surface area contributed by atoms with E-state index in [2.05, 4.69) is 5.32 Å². The summed E-state index contributed by atoms with van der Waals surface area (Å²) in [4.78, 5) is 38.8. The number of nitrogens with one attached hydrogen (secondary N) is 1. The van der Waals surface area contributed by atoms with Gasteiger partial charge in [0.25, 0.3) is 5.91 Å². The van der Waals surface area contributed by atoms with E-state index in [1.807, 2.05) is 32.0 Å². The Kier molecular flexibility index (Phi) is 5.09. The molecule has 7 heteroatoms. The van der Waals surface area contributed by atoms with Crippen LogP contribution in [0, 0.1) is 13.8 Å². The van der Waals surface area contributed by atoms with Gasteiger partial charge in [-0.25, -0.2) is 4.79 Å². The van der Waals surface area contributed by atoms with Crippen molar-refractivity contribution in [1.82, 2.24) is 0 Å². The molecule has 1 atom stereocenters. The second kappa shape index (κ2) is 7.24. The van der Waals surface area contributed by atoms with Crippen LogP contribution in [-0.2, 0) is 9.59 Å². The van der Waals surface area contributed by atoms with E-state index in [1.165, 1.54) is 23.1 Å². The number of hydrogen-bond acceptors (Lipinski definition) is 4. The number of fused-ring (bicyclic) bond motifs is 1. The highest BCUT2D eigenvalue weighted by Gasteiger charge is 2.44. The zero-order chi connectivity index (χ0) is 21.5. The molecule has 0 radical (unpaired) electrons. The lowest BCUT2D eigenvalue weighted by Gasteiger charge is -2.41. The minimum Gasteiger partial charge on any atom is -0.478 e. The minimum absolute atomic E-state index is 0.00647. The third-order valence-electron chi connectivity index (χ3n) is 4.98. The number of carbonyl (C=O) groups is 3. The number of anilines is 2. The van der Waals surface area contributed by atoms with Crippen molar-refractivity contribution in [2.75, 3.05) is 10.2 Å². The second-order valence-corrected chi connectivity index (χ2v) is 7.76. The van der Waals surface area contributed by atoms with Crippen molar-refractivity contribution < 1.29 is 24.2 Å². The summed E-state index contributed by atoms with van der Waals surface area (Å²) in [5, 5.41) is 12.2. The van der Waals surface area contributed by atoms with Crippen molar-refractivity contribution in [1.29, 1.82) is 0 Å². The number of aryl methyl sites for hydroxylation is 2. The summed E-state index contributed by atoms with van der Waals surface area (Å²) in [5.74, 6) is -1.57. The molecule has 2 amide bonds. The molecule has 7 nitrogen and oxygen atoms in total. The average molecular weight is 396 g/mol. The molecule has 0 bridgehead atoms. The van der Waals surface area contributed by atoms with E-state index in [4.69, 9.17) is 4.74 Å². The van der Waals surface area contributed by atoms with Crippen LogP contribution in [0.15, 0.2) is 36.4 Å². The number of rotatable bonds is 4. The zero-order valence-electron chi connectivity index (χ0n) is 17.1. The lowest BCUT2D eigenvalue weighted by atomic mass is 10.0. The fourth-order valence-corrected chi connectivity index (χ4v) is 3.25. The van der Waals surface area contributed by atoms with Crippen LogP contribution in [0.3, 0.4) is 0 Å². The van der Waals surface area contributed by atoms with Gasteiger partial charge in [-0.3, -0.25) is 14.5 Å². The SMILES string of the molecule is Cc1ccc(C)c(NC(=O)C(C)N2C(=O)C(C)(C)Oc3ccc(C(=O)O)cc32)c1. The quantitative estimate of drug-likeness (QED) is 0.824. The van der Waals surface area contributed by atoms with Crippen molar-refractivity contribution >= 4 is 29.2 Å². The molecule has 1 unspecified atom stereocenters. The number of ether oxygens (including phenoxy) is 1. The number of amides is 2. The van der Waals surface area contributed by atoms with Crippen LogP contribution in [0.1, 0.15) is 42.3 Å². The number of benzene rings is 2. The van der Waals surface area contributed by atoms with E-state index in [9.17, 15) is 19.5 Å². The molecular formula is C22H24N2O5. The van der Waals surface area contributed by atoms with Gasteiger partial charge in [0.05, 0.1) is 11.3 Å². The molecule has 152 valence electrons. The Balaban J connectivity index is 2.00. The Bertz CT molecular complexity index is 1010. The maximum atomic E-state index is 13.1. The van der Waals surface area contributed by atoms with Gasteiger partial charge in [-0.15, -0.1) is 0 Å². The number of carboxylic acid groups (broad SMARTS) is 1. The first-order valence-corrected chi connectivity index (χ1v) is 9.29. The van der Waals surface area contributed by atoms with Crippen LogP contribution in [0.4, 0.5) is 11.4 Å². The molecule has 1 heterocycles. The third kappa shape index (κ3) is 3.81. The number of hydrogen-bond donors (Lipinski definition) is 2. The van der Waals surface area contributed by atoms with E-state index >= 15 is 0 Å². The molecule has 29 heavy (non-hydrogen) atoms. The fourth-order valence-electron chi connectivity index (χ4n) is 3.25. The number of aromatic carboxylic acids is 1. The smallest absolute Gasteiger partial charge is 0.335 e. The molecule has 1 aliphatic rings. The van der Waals surface area contributed by atoms with E-state index < -0.39 is 23.5 Å². The Morgan fingerprint density at radius 3 is 2.48 bits per heavy atom. The molecular weight excluding hydrogens is 372 g/mol. The van der Waals surface area contributed by atoms with E-state index in [0.717, 1.165) is 11.1 Å². The maximum Gasteiger partial charge on any atom is 0.335 e. The summed E-state index contributed by atoms with van der Waals surface area (Å²) in [6, 6.07) is 9.11. The molecule has 3 rings (SSSR count). The van der Waals surface area contributed by atoms with Gasteiger partial charge < -0.3 is 15.2 Å². The molecule has 0 spiro atoms. The van der Waals surface area contributed by atoms with Gasteiger partial charge in [-0.05, 0) is 70.0 Å². The van der Waals surface area contributed by atoms with Crippen molar-refractivity contribution in [2.45, 2.75) is 46.3 Å². The van der Waals surface area contributed by atoms with Gasteiger partial charge in [0, 0.05) is 5.69 Å². The van der Waals surface area contributed by atoms with Crippen LogP contribution in [0.5, 0.6) is 5.75 Å². The standard InChI is InChI=1S/C22H24N2O5/c1-12-6-7-13(2)16(10-12)23-19(25)14(3)24-17-11-15(20(26)27)8-9-18(17)29-22(4,5)21(24)28/h6-11,14H,1-5H3,(H,23,25)(H,26,27). The largest absolute Gasteiger partial charge is 0.478 e. The van der Waals surface area contributed by atoms with Crippen molar-refractivity contribution in [2.24, 2.45) is 0 Å². The number of carbonyl (C=O) groups excluding carboxylic acids is 2. The van der Waals surface area contributed by atoms with Gasteiger partial charge in [0.1, 0.15) is 11.8 Å². The summed E-state index contributed by atoms with van der Waals surface area (Å²) in [7, 11) is 0. The van der Waals surface area contributed by atoms with Gasteiger partial charge in [-0.1, -0.05) is 12.1 Å². The summed E-state index contributed by atoms with van der Waals surface area (Å²) in [5.41, 5.74) is 1.65. The lowest BCUT2D eigenvalue weighted by molar-refractivity contribution is -0.134. The molecule has 0 saturated carbocycles. The highest BCUT2D eigenvalue weighted by Crippen LogP contribution is 2.39. The predicted molar refractivity (Wildman–Crippen MR) is 110 cm³/mol. The number of carboxylic acids is 1. The molecule has 2 aromatic carbocycles. The molecule has 0 saturated heterocycles. The van der Waals surface area contributed by atoms with Crippen molar-refractivity contribution in [3.8, 4) is 5.75 Å². The van der Waals surface area contributed by atoms with Gasteiger partial charge >= 0.3 is 5.97 Å². The molecule has 2 N–H and O–H groups in total. The maximum absolute atomic E-state index is 13.1. The number of nitrogens with zero attached hydrogens (tertiary/aromatic N) is 1. The highest BCUT2D eigenvalue weighted by molar-refractivity contribution is 6.10. The molecule has 0 fully saturated rings. The summed E-state index contributed by atoms with van der Waals surface area (Å²) >= 11 is 0. The molecule has 1 aliphatic heterocycles. The minimum atomic E-state index is -1.19. The van der Waals surface area contributed by atoms with E-state index in [1.54, 1.807) is 20.8 Å². The monoisotopic (exact) mass is 396 g/mol. The summed E-state index contributed by atoms with van der Waals surface area (Å²) < 4.78 is 5.76. The topological polar surface area (TPSA) is 95.9 Å². The predicted octanol–water partition coefficient (Wildman–Crippen LogP) is 3.53. The lowest BCUT2D eigenvalue weighted by Crippen LogP contribution is -2.58. The highest BCUT2D eigenvalue weighted by atomic mass is 16.5. The van der Waals surface area contributed by atoms with Crippen LogP contribution in [0.2, 0.25) is 0 Å². The first kappa shape index (κ1) is 20.4. The van der Waals surface area contributed by atoms with Crippen molar-refractivity contribution in [3.63, 3.8) is 0 Å². The zero-order valence-corrected chi connectivity index (χ0v) is 17.1.